The fourth-order valence-electron chi connectivity index (χ4n) is 3.10. The van der Waals surface area contributed by atoms with Crippen molar-refractivity contribution in [3.63, 3.8) is 0 Å². The van der Waals surface area contributed by atoms with Gasteiger partial charge in [-0.05, 0) is 60.0 Å². The molecule has 2 N–H and O–H groups in total. The van der Waals surface area contributed by atoms with Gasteiger partial charge in [0.1, 0.15) is 11.5 Å². The maximum atomic E-state index is 12.1. The van der Waals surface area contributed by atoms with E-state index >= 15 is 0 Å². The number of benzene rings is 3. The Morgan fingerprint density at radius 2 is 1.63 bits per heavy atom. The molecule has 0 aromatic heterocycles. The van der Waals surface area contributed by atoms with Crippen LogP contribution in [0, 0.1) is 0 Å². The van der Waals surface area contributed by atoms with Gasteiger partial charge in [-0.15, -0.1) is 11.8 Å². The Balaban J connectivity index is 1.34. The summed E-state index contributed by atoms with van der Waals surface area (Å²) in [5.74, 6) is 2.05. The Hall–Kier alpha value is -3.78. The highest BCUT2D eigenvalue weighted by molar-refractivity contribution is 7.99. The average Bonchev–Trinajstić information content (AvgIpc) is 2.89. The Kier molecular flexibility index (Phi) is 10.2. The number of hydrogen-bond acceptors (Lipinski definition) is 6. The van der Waals surface area contributed by atoms with Crippen LogP contribution in [-0.4, -0.2) is 37.5 Å². The number of ether oxygens (including phenoxy) is 2. The van der Waals surface area contributed by atoms with Crippen LogP contribution in [0.1, 0.15) is 29.7 Å². The van der Waals surface area contributed by atoms with Crippen LogP contribution in [0.5, 0.6) is 11.5 Å². The zero-order valence-electron chi connectivity index (χ0n) is 19.8. The van der Waals surface area contributed by atoms with Crippen molar-refractivity contribution in [3.05, 3.63) is 95.6 Å². The zero-order valence-corrected chi connectivity index (χ0v) is 20.6. The minimum Gasteiger partial charge on any atom is -0.497 e. The standard InChI is InChI=1S/C27H29N3O4S/c1-20(23-6-4-3-5-7-23)29-26(31)17-34-25-14-8-21(9-15-25)16-28-30-27(32)19-35-18-22-10-12-24(33-2)13-11-22/h3-16,20H,17-19H2,1-2H3,(H,29,31)(H,30,32)/b28-16-/t20-/m0/s1. The summed E-state index contributed by atoms with van der Waals surface area (Å²) >= 11 is 1.51. The van der Waals surface area contributed by atoms with Crippen LogP contribution in [0.15, 0.2) is 84.0 Å². The van der Waals surface area contributed by atoms with E-state index in [-0.39, 0.29) is 24.5 Å². The van der Waals surface area contributed by atoms with Gasteiger partial charge < -0.3 is 14.8 Å². The van der Waals surface area contributed by atoms with E-state index < -0.39 is 0 Å². The van der Waals surface area contributed by atoms with Gasteiger partial charge >= 0.3 is 0 Å². The van der Waals surface area contributed by atoms with Crippen molar-refractivity contribution in [1.29, 1.82) is 0 Å². The largest absolute Gasteiger partial charge is 0.497 e. The van der Waals surface area contributed by atoms with Crippen molar-refractivity contribution >= 4 is 29.8 Å². The van der Waals surface area contributed by atoms with Crippen LogP contribution in [0.3, 0.4) is 0 Å². The van der Waals surface area contributed by atoms with Crippen LogP contribution >= 0.6 is 11.8 Å². The molecule has 0 unspecified atom stereocenters. The average molecular weight is 492 g/mol. The molecule has 1 atom stereocenters. The third-order valence-electron chi connectivity index (χ3n) is 4.99. The van der Waals surface area contributed by atoms with E-state index in [0.29, 0.717) is 11.5 Å². The minimum absolute atomic E-state index is 0.0745. The second-order valence-electron chi connectivity index (χ2n) is 7.69. The molecule has 0 saturated carbocycles. The first kappa shape index (κ1) is 25.8. The number of hydrogen-bond donors (Lipinski definition) is 2. The molecule has 8 heteroatoms. The Morgan fingerprint density at radius 1 is 0.943 bits per heavy atom. The molecule has 0 heterocycles. The first-order chi connectivity index (χ1) is 17.0. The molecular formula is C27H29N3O4S. The normalized spacial score (nSPS) is 11.6. The molecule has 3 aromatic rings. The van der Waals surface area contributed by atoms with Crippen molar-refractivity contribution in [1.82, 2.24) is 10.7 Å². The van der Waals surface area contributed by atoms with Gasteiger partial charge in [0.05, 0.1) is 25.1 Å². The highest BCUT2D eigenvalue weighted by atomic mass is 32.2. The Labute approximate surface area is 209 Å². The molecule has 35 heavy (non-hydrogen) atoms. The molecule has 182 valence electrons. The summed E-state index contributed by atoms with van der Waals surface area (Å²) in [5, 5.41) is 6.91. The molecule has 0 aliphatic heterocycles. The third-order valence-corrected chi connectivity index (χ3v) is 5.99. The van der Waals surface area contributed by atoms with Crippen molar-refractivity contribution in [3.8, 4) is 11.5 Å². The lowest BCUT2D eigenvalue weighted by molar-refractivity contribution is -0.123. The summed E-state index contributed by atoms with van der Waals surface area (Å²) in [6.45, 7) is 1.86. The number of hydrazone groups is 1. The number of rotatable bonds is 12. The monoisotopic (exact) mass is 491 g/mol. The van der Waals surface area contributed by atoms with Crippen LogP contribution in [-0.2, 0) is 15.3 Å². The van der Waals surface area contributed by atoms with Gasteiger partial charge in [-0.25, -0.2) is 5.43 Å². The summed E-state index contributed by atoms with van der Waals surface area (Å²) in [7, 11) is 1.63. The number of methoxy groups -OCH3 is 1. The minimum atomic E-state index is -0.195. The predicted molar refractivity (Wildman–Crippen MR) is 140 cm³/mol. The van der Waals surface area contributed by atoms with Gasteiger partial charge in [-0.3, -0.25) is 9.59 Å². The molecule has 7 nitrogen and oxygen atoms in total. The molecule has 0 radical (unpaired) electrons. The zero-order chi connectivity index (χ0) is 24.9. The van der Waals surface area contributed by atoms with Crippen LogP contribution in [0.25, 0.3) is 0 Å². The van der Waals surface area contributed by atoms with Crippen molar-refractivity contribution in [2.75, 3.05) is 19.5 Å². The summed E-state index contributed by atoms with van der Waals surface area (Å²) in [6, 6.07) is 24.5. The molecule has 3 rings (SSSR count). The van der Waals surface area contributed by atoms with E-state index in [2.05, 4.69) is 15.8 Å². The van der Waals surface area contributed by atoms with Crippen molar-refractivity contribution in [2.45, 2.75) is 18.7 Å². The molecular weight excluding hydrogens is 462 g/mol. The second-order valence-corrected chi connectivity index (χ2v) is 8.68. The topological polar surface area (TPSA) is 89.0 Å². The lowest BCUT2D eigenvalue weighted by atomic mass is 10.1. The molecule has 0 fully saturated rings. The lowest BCUT2D eigenvalue weighted by Crippen LogP contribution is -2.31. The fourth-order valence-corrected chi connectivity index (χ4v) is 3.88. The maximum Gasteiger partial charge on any atom is 0.258 e. The number of carbonyl (C=O) groups excluding carboxylic acids is 2. The smallest absolute Gasteiger partial charge is 0.258 e. The predicted octanol–water partition coefficient (Wildman–Crippen LogP) is 4.33. The van der Waals surface area contributed by atoms with Crippen LogP contribution in [0.4, 0.5) is 0 Å². The first-order valence-corrected chi connectivity index (χ1v) is 12.3. The van der Waals surface area contributed by atoms with E-state index in [0.717, 1.165) is 28.2 Å². The molecule has 0 aliphatic rings. The Bertz CT molecular complexity index is 1100. The highest BCUT2D eigenvalue weighted by Gasteiger charge is 2.09. The summed E-state index contributed by atoms with van der Waals surface area (Å²) < 4.78 is 10.7. The number of nitrogens with zero attached hydrogens (tertiary/aromatic N) is 1. The van der Waals surface area contributed by atoms with Gasteiger partial charge in [0.2, 0.25) is 5.91 Å². The summed E-state index contributed by atoms with van der Waals surface area (Å²) in [4.78, 5) is 24.1. The SMILES string of the molecule is COc1ccc(CSCC(=O)N/N=C\c2ccc(OCC(=O)N[C@@H](C)c3ccccc3)cc2)cc1. The lowest BCUT2D eigenvalue weighted by Gasteiger charge is -2.14. The van der Waals surface area contributed by atoms with Gasteiger partial charge in [0.15, 0.2) is 6.61 Å². The number of amides is 2. The van der Waals surface area contributed by atoms with Gasteiger partial charge in [0.25, 0.3) is 5.91 Å². The first-order valence-electron chi connectivity index (χ1n) is 11.1. The highest BCUT2D eigenvalue weighted by Crippen LogP contribution is 2.16. The fraction of sp³-hybridized carbons (Fsp3) is 0.222. The number of thioether (sulfide) groups is 1. The van der Waals surface area contributed by atoms with E-state index in [1.54, 1.807) is 37.6 Å². The third kappa shape index (κ3) is 9.17. The van der Waals surface area contributed by atoms with E-state index in [4.69, 9.17) is 9.47 Å². The van der Waals surface area contributed by atoms with E-state index in [1.807, 2.05) is 61.5 Å². The molecule has 0 aliphatic carbocycles. The van der Waals surface area contributed by atoms with E-state index in [1.165, 1.54) is 11.8 Å². The van der Waals surface area contributed by atoms with Gasteiger partial charge in [-0.1, -0.05) is 42.5 Å². The number of carbonyl (C=O) groups is 2. The van der Waals surface area contributed by atoms with E-state index in [9.17, 15) is 9.59 Å². The molecule has 0 bridgehead atoms. The maximum absolute atomic E-state index is 12.1. The van der Waals surface area contributed by atoms with Crippen molar-refractivity contribution in [2.24, 2.45) is 5.10 Å². The molecule has 0 saturated heterocycles. The number of nitrogens with one attached hydrogen (secondary N) is 2. The molecule has 0 spiro atoms. The van der Waals surface area contributed by atoms with Gasteiger partial charge in [0, 0.05) is 5.75 Å². The summed E-state index contributed by atoms with van der Waals surface area (Å²) in [5.41, 5.74) is 5.48. The van der Waals surface area contributed by atoms with Gasteiger partial charge in [-0.2, -0.15) is 5.10 Å². The van der Waals surface area contributed by atoms with Crippen LogP contribution in [0.2, 0.25) is 0 Å². The molecule has 2 amide bonds. The quantitative estimate of drug-likeness (QED) is 0.291. The summed E-state index contributed by atoms with van der Waals surface area (Å²) in [6.07, 6.45) is 1.56. The molecule has 3 aromatic carbocycles. The van der Waals surface area contributed by atoms with Crippen molar-refractivity contribution < 1.29 is 19.1 Å². The Morgan fingerprint density at radius 3 is 2.31 bits per heavy atom. The van der Waals surface area contributed by atoms with Crippen LogP contribution < -0.4 is 20.2 Å². The second kappa shape index (κ2) is 13.8.